The van der Waals surface area contributed by atoms with Gasteiger partial charge >= 0.3 is 0 Å². The van der Waals surface area contributed by atoms with Crippen LogP contribution in [-0.2, 0) is 11.8 Å². The lowest BCUT2D eigenvalue weighted by molar-refractivity contribution is 0.102. The molecular formula is C22H23ClN2O2S. The van der Waals surface area contributed by atoms with E-state index in [-0.39, 0.29) is 11.3 Å². The molecule has 0 aliphatic rings. The number of carbonyl (C=O) groups excluding carboxylic acids is 1. The van der Waals surface area contributed by atoms with Gasteiger partial charge in [0.15, 0.2) is 5.13 Å². The molecule has 6 heteroatoms. The second-order valence-corrected chi connectivity index (χ2v) is 9.02. The van der Waals surface area contributed by atoms with Crippen molar-refractivity contribution in [3.63, 3.8) is 0 Å². The molecule has 0 saturated carbocycles. The average Bonchev–Trinajstić information content (AvgIpc) is 3.06. The van der Waals surface area contributed by atoms with Crippen LogP contribution in [0.2, 0.25) is 5.02 Å². The summed E-state index contributed by atoms with van der Waals surface area (Å²) in [4.78, 5) is 18.6. The third-order valence-corrected chi connectivity index (χ3v) is 5.48. The van der Waals surface area contributed by atoms with Crippen LogP contribution in [0.4, 0.5) is 5.13 Å². The van der Waals surface area contributed by atoms with Crippen LogP contribution in [0.25, 0.3) is 0 Å². The maximum atomic E-state index is 12.7. The van der Waals surface area contributed by atoms with Crippen molar-refractivity contribution in [1.29, 1.82) is 0 Å². The second-order valence-electron chi connectivity index (χ2n) is 7.50. The molecular weight excluding hydrogens is 392 g/mol. The van der Waals surface area contributed by atoms with Gasteiger partial charge in [-0.1, -0.05) is 56.6 Å². The van der Waals surface area contributed by atoms with E-state index >= 15 is 0 Å². The van der Waals surface area contributed by atoms with Crippen molar-refractivity contribution in [2.24, 2.45) is 0 Å². The number of carbonyl (C=O) groups is 1. The maximum Gasteiger partial charge on any atom is 0.261 e. The minimum atomic E-state index is -0.232. The van der Waals surface area contributed by atoms with Crippen LogP contribution in [0.5, 0.6) is 5.75 Å². The highest BCUT2D eigenvalue weighted by molar-refractivity contribution is 7.16. The first-order valence-electron chi connectivity index (χ1n) is 8.97. The summed E-state index contributed by atoms with van der Waals surface area (Å²) in [7, 11) is 1.55. The summed E-state index contributed by atoms with van der Waals surface area (Å²) in [5.74, 6) is 0.304. The summed E-state index contributed by atoms with van der Waals surface area (Å²) in [6, 6.07) is 15.0. The fourth-order valence-electron chi connectivity index (χ4n) is 2.90. The van der Waals surface area contributed by atoms with Crippen LogP contribution < -0.4 is 10.1 Å². The molecule has 0 saturated heterocycles. The first-order valence-corrected chi connectivity index (χ1v) is 10.2. The van der Waals surface area contributed by atoms with Crippen molar-refractivity contribution in [1.82, 2.24) is 4.98 Å². The van der Waals surface area contributed by atoms with Crippen LogP contribution in [0.1, 0.15) is 47.3 Å². The minimum absolute atomic E-state index is 0.133. The Morgan fingerprint density at radius 1 is 1.14 bits per heavy atom. The minimum Gasteiger partial charge on any atom is -0.496 e. The van der Waals surface area contributed by atoms with Crippen LogP contribution in [0, 0.1) is 0 Å². The van der Waals surface area contributed by atoms with Gasteiger partial charge in [-0.25, -0.2) is 4.98 Å². The first-order chi connectivity index (χ1) is 13.3. The molecule has 0 bridgehead atoms. The Kier molecular flexibility index (Phi) is 6.06. The van der Waals surface area contributed by atoms with Crippen molar-refractivity contribution < 1.29 is 9.53 Å². The zero-order valence-electron chi connectivity index (χ0n) is 16.4. The van der Waals surface area contributed by atoms with Crippen molar-refractivity contribution in [2.45, 2.75) is 32.6 Å². The van der Waals surface area contributed by atoms with Crippen molar-refractivity contribution in [3.05, 3.63) is 75.3 Å². The fourth-order valence-corrected chi connectivity index (χ4v) is 4.22. The number of halogens is 1. The quantitative estimate of drug-likeness (QED) is 0.561. The Balaban J connectivity index is 1.89. The zero-order valence-corrected chi connectivity index (χ0v) is 17.9. The number of rotatable bonds is 5. The van der Waals surface area contributed by atoms with E-state index in [9.17, 15) is 4.79 Å². The smallest absolute Gasteiger partial charge is 0.261 e. The van der Waals surface area contributed by atoms with Gasteiger partial charge in [0.05, 0.1) is 18.4 Å². The number of thiazole rings is 1. The van der Waals surface area contributed by atoms with Crippen molar-refractivity contribution >= 4 is 34.0 Å². The second kappa shape index (κ2) is 8.33. The lowest BCUT2D eigenvalue weighted by Gasteiger charge is -2.17. The third kappa shape index (κ3) is 4.72. The molecule has 0 aliphatic carbocycles. The molecule has 0 atom stereocenters. The van der Waals surface area contributed by atoms with Gasteiger partial charge in [0, 0.05) is 21.7 Å². The molecule has 2 aromatic carbocycles. The number of ether oxygens (including phenoxy) is 1. The van der Waals surface area contributed by atoms with E-state index < -0.39 is 0 Å². The SMILES string of the molecule is COc1ccccc1C(=O)Nc1nc(C(C)(C)C)c(Cc2ccc(Cl)cc2)s1. The zero-order chi connectivity index (χ0) is 20.3. The van der Waals surface area contributed by atoms with Crippen LogP contribution >= 0.6 is 22.9 Å². The largest absolute Gasteiger partial charge is 0.496 e. The lowest BCUT2D eigenvalue weighted by atomic mass is 9.90. The molecule has 0 aliphatic heterocycles. The highest BCUT2D eigenvalue weighted by atomic mass is 35.5. The molecule has 146 valence electrons. The van der Waals surface area contributed by atoms with Gasteiger partial charge in [0.25, 0.3) is 5.91 Å². The topological polar surface area (TPSA) is 51.2 Å². The van der Waals surface area contributed by atoms with Gasteiger partial charge in [0.1, 0.15) is 5.75 Å². The molecule has 3 rings (SSSR count). The first kappa shape index (κ1) is 20.4. The number of nitrogens with one attached hydrogen (secondary N) is 1. The lowest BCUT2D eigenvalue weighted by Crippen LogP contribution is -2.16. The summed E-state index contributed by atoms with van der Waals surface area (Å²) < 4.78 is 5.29. The molecule has 1 aromatic heterocycles. The van der Waals surface area contributed by atoms with E-state index in [0.717, 1.165) is 22.6 Å². The summed E-state index contributed by atoms with van der Waals surface area (Å²) >= 11 is 7.50. The molecule has 28 heavy (non-hydrogen) atoms. The van der Waals surface area contributed by atoms with Crippen molar-refractivity contribution in [3.8, 4) is 5.75 Å². The van der Waals surface area contributed by atoms with Gasteiger partial charge < -0.3 is 4.74 Å². The van der Waals surface area contributed by atoms with E-state index in [4.69, 9.17) is 21.3 Å². The number of anilines is 1. The van der Waals surface area contributed by atoms with Gasteiger partial charge in [0.2, 0.25) is 0 Å². The molecule has 1 heterocycles. The van der Waals surface area contributed by atoms with E-state index in [1.165, 1.54) is 11.3 Å². The van der Waals surface area contributed by atoms with Gasteiger partial charge in [-0.3, -0.25) is 10.1 Å². The maximum absolute atomic E-state index is 12.7. The molecule has 4 nitrogen and oxygen atoms in total. The normalized spacial score (nSPS) is 11.3. The highest BCUT2D eigenvalue weighted by Gasteiger charge is 2.24. The number of hydrogen-bond acceptors (Lipinski definition) is 4. The molecule has 0 radical (unpaired) electrons. The van der Waals surface area contributed by atoms with Gasteiger partial charge in [-0.2, -0.15) is 0 Å². The molecule has 0 fully saturated rings. The van der Waals surface area contributed by atoms with E-state index in [1.807, 2.05) is 36.4 Å². The average molecular weight is 415 g/mol. The Labute approximate surface area is 174 Å². The van der Waals surface area contributed by atoms with Crippen LogP contribution in [0.15, 0.2) is 48.5 Å². The Bertz CT molecular complexity index is 975. The molecule has 0 spiro atoms. The predicted octanol–water partition coefficient (Wildman–Crippen LogP) is 5.95. The number of methoxy groups -OCH3 is 1. The predicted molar refractivity (Wildman–Crippen MR) is 116 cm³/mol. The van der Waals surface area contributed by atoms with E-state index in [1.54, 1.807) is 19.2 Å². The molecule has 0 unspecified atom stereocenters. The Morgan fingerprint density at radius 3 is 2.46 bits per heavy atom. The number of para-hydroxylation sites is 1. The summed E-state index contributed by atoms with van der Waals surface area (Å²) in [5, 5.41) is 4.23. The van der Waals surface area contributed by atoms with Crippen LogP contribution in [-0.4, -0.2) is 18.0 Å². The molecule has 1 amide bonds. The summed E-state index contributed by atoms with van der Waals surface area (Å²) in [5.41, 5.74) is 2.49. The highest BCUT2D eigenvalue weighted by Crippen LogP contribution is 2.34. The van der Waals surface area contributed by atoms with Gasteiger partial charge in [-0.15, -0.1) is 11.3 Å². The monoisotopic (exact) mass is 414 g/mol. The van der Waals surface area contributed by atoms with Crippen LogP contribution in [0.3, 0.4) is 0 Å². The number of aromatic nitrogens is 1. The number of benzene rings is 2. The van der Waals surface area contributed by atoms with Gasteiger partial charge in [-0.05, 0) is 29.8 Å². The number of amides is 1. The molecule has 1 N–H and O–H groups in total. The van der Waals surface area contributed by atoms with E-state index in [0.29, 0.717) is 21.5 Å². The number of hydrogen-bond donors (Lipinski definition) is 1. The third-order valence-electron chi connectivity index (χ3n) is 4.26. The van der Waals surface area contributed by atoms with E-state index in [2.05, 4.69) is 26.1 Å². The fraction of sp³-hybridized carbons (Fsp3) is 0.273. The molecule has 3 aromatic rings. The summed E-state index contributed by atoms with van der Waals surface area (Å²) in [6.07, 6.45) is 0.742. The Morgan fingerprint density at radius 2 is 1.82 bits per heavy atom. The van der Waals surface area contributed by atoms with Crippen molar-refractivity contribution in [2.75, 3.05) is 12.4 Å². The Hall–Kier alpha value is -2.37. The number of nitrogens with zero attached hydrogens (tertiary/aromatic N) is 1. The standard InChI is InChI=1S/C22H23ClN2O2S/c1-22(2,3)19-18(13-14-9-11-15(23)12-10-14)28-21(24-19)25-20(26)16-7-5-6-8-17(16)27-4/h5-12H,13H2,1-4H3,(H,24,25,26). The summed E-state index contributed by atoms with van der Waals surface area (Å²) in [6.45, 7) is 6.37.